The molecule has 2 heterocycles. The summed E-state index contributed by atoms with van der Waals surface area (Å²) in [6.45, 7) is 16.2. The van der Waals surface area contributed by atoms with Gasteiger partial charge >= 0.3 is 0 Å². The Bertz CT molecular complexity index is 1590. The van der Waals surface area contributed by atoms with Crippen molar-refractivity contribution in [1.29, 1.82) is 0 Å². The molecule has 0 bridgehead atoms. The first-order chi connectivity index (χ1) is 22.1. The molecule has 1 saturated carbocycles. The van der Waals surface area contributed by atoms with E-state index < -0.39 is 23.5 Å². The van der Waals surface area contributed by atoms with Crippen LogP contribution in [0.5, 0.6) is 0 Å². The number of hydrogen-bond acceptors (Lipinski definition) is 5. The van der Waals surface area contributed by atoms with Crippen LogP contribution in [0.4, 0.5) is 11.4 Å². The first kappa shape index (κ1) is 35.7. The standard InChI is InChI=1S/C36H45Cl3N4O4/c1-8-34(4,5)22-14-15-36(27(17-22)35(6,7)9-2)31(47-36)33(46)42(10-3)24-13-11-12-21(16-24)32(45)40-28-20-29(44)43(41-28)30-25(38)18-23(37)19-26(30)39/h11-13,16,18-19,22,27,31H,8-10,14-15,17,20H2,1-7H3,(H,40,41,45). The van der Waals surface area contributed by atoms with E-state index in [9.17, 15) is 14.4 Å². The number of nitrogens with one attached hydrogen (secondary N) is 1. The molecule has 3 amide bonds. The number of hydrazone groups is 1. The molecule has 3 aliphatic rings. The Kier molecular flexibility index (Phi) is 10.1. The van der Waals surface area contributed by atoms with Gasteiger partial charge in [0.05, 0.1) is 16.5 Å². The first-order valence-electron chi connectivity index (χ1n) is 16.5. The van der Waals surface area contributed by atoms with E-state index in [1.54, 1.807) is 23.1 Å². The number of nitrogens with zero attached hydrogens (tertiary/aromatic N) is 3. The maximum absolute atomic E-state index is 14.2. The van der Waals surface area contributed by atoms with Crippen LogP contribution in [0.2, 0.25) is 15.1 Å². The number of hydrogen-bond donors (Lipinski definition) is 1. The number of likely N-dealkylation sites (N-methyl/N-ethyl adjacent to an activating group) is 1. The van der Waals surface area contributed by atoms with Crippen molar-refractivity contribution in [1.82, 2.24) is 5.32 Å². The van der Waals surface area contributed by atoms with Gasteiger partial charge in [0.1, 0.15) is 17.1 Å². The van der Waals surface area contributed by atoms with Gasteiger partial charge in [0.25, 0.3) is 17.7 Å². The van der Waals surface area contributed by atoms with E-state index >= 15 is 0 Å². The Labute approximate surface area is 293 Å². The second-order valence-corrected chi connectivity index (χ2v) is 15.6. The number of ether oxygens (including phenoxy) is 1. The number of rotatable bonds is 9. The number of benzene rings is 2. The predicted molar refractivity (Wildman–Crippen MR) is 190 cm³/mol. The van der Waals surface area contributed by atoms with Crippen molar-refractivity contribution < 1.29 is 19.1 Å². The SMILES string of the molecule is CCN(C(=O)C1OC12CCC(C(C)(C)CC)CC2C(C)(C)CC)c1cccc(C(=O)NC2=NN(c3c(Cl)cc(Cl)cc3Cl)C(=O)C2)c1. The lowest BCUT2D eigenvalue weighted by atomic mass is 9.56. The fourth-order valence-electron chi connectivity index (χ4n) is 7.34. The molecule has 11 heteroatoms. The van der Waals surface area contributed by atoms with Gasteiger partial charge in [-0.05, 0) is 79.2 Å². The molecule has 5 rings (SSSR count). The van der Waals surface area contributed by atoms with Crippen LogP contribution in [0.1, 0.15) is 97.3 Å². The Hall–Kier alpha value is -2.65. The minimum absolute atomic E-state index is 0.0245. The molecule has 2 fully saturated rings. The molecule has 47 heavy (non-hydrogen) atoms. The molecular weight excluding hydrogens is 659 g/mol. The van der Waals surface area contributed by atoms with Crippen molar-refractivity contribution in [3.05, 3.63) is 57.0 Å². The second kappa shape index (κ2) is 13.3. The van der Waals surface area contributed by atoms with Crippen molar-refractivity contribution in [2.24, 2.45) is 27.8 Å². The summed E-state index contributed by atoms with van der Waals surface area (Å²) in [4.78, 5) is 42.0. The average molecular weight is 704 g/mol. The largest absolute Gasteiger partial charge is 0.355 e. The smallest absolute Gasteiger partial charge is 0.259 e. The monoisotopic (exact) mass is 702 g/mol. The number of halogens is 3. The van der Waals surface area contributed by atoms with Crippen molar-refractivity contribution in [2.45, 2.75) is 98.7 Å². The van der Waals surface area contributed by atoms with Gasteiger partial charge in [-0.1, -0.05) is 95.3 Å². The minimum Gasteiger partial charge on any atom is -0.355 e. The van der Waals surface area contributed by atoms with Gasteiger partial charge in [-0.3, -0.25) is 14.4 Å². The summed E-state index contributed by atoms with van der Waals surface area (Å²) < 4.78 is 6.50. The van der Waals surface area contributed by atoms with E-state index in [0.29, 0.717) is 28.7 Å². The summed E-state index contributed by atoms with van der Waals surface area (Å²) in [5, 5.41) is 8.71. The summed E-state index contributed by atoms with van der Waals surface area (Å²) in [6, 6.07) is 9.84. The van der Waals surface area contributed by atoms with Crippen molar-refractivity contribution in [3.8, 4) is 0 Å². The lowest BCUT2D eigenvalue weighted by Gasteiger charge is -2.48. The third-order valence-corrected chi connectivity index (χ3v) is 11.8. The Balaban J connectivity index is 1.33. The second-order valence-electron chi connectivity index (χ2n) is 14.4. The zero-order chi connectivity index (χ0) is 34.5. The Morgan fingerprint density at radius 3 is 2.32 bits per heavy atom. The fraction of sp³-hybridized carbons (Fsp3) is 0.556. The Morgan fingerprint density at radius 1 is 1.04 bits per heavy atom. The van der Waals surface area contributed by atoms with Crippen molar-refractivity contribution in [3.63, 3.8) is 0 Å². The molecule has 4 atom stereocenters. The molecule has 8 nitrogen and oxygen atoms in total. The first-order valence-corrected chi connectivity index (χ1v) is 17.7. The van der Waals surface area contributed by atoms with E-state index in [0.717, 1.165) is 37.1 Å². The third kappa shape index (κ3) is 6.81. The molecule has 0 aromatic heterocycles. The topological polar surface area (TPSA) is 94.6 Å². The van der Waals surface area contributed by atoms with Crippen LogP contribution in [-0.4, -0.2) is 41.8 Å². The number of epoxide rings is 1. The molecule has 2 aliphatic heterocycles. The van der Waals surface area contributed by atoms with Gasteiger partial charge in [-0.25, -0.2) is 0 Å². The number of carbonyl (C=O) groups excluding carboxylic acids is 3. The molecule has 2 aromatic carbocycles. The van der Waals surface area contributed by atoms with Gasteiger partial charge in [0, 0.05) is 22.8 Å². The number of amidine groups is 1. The van der Waals surface area contributed by atoms with Crippen LogP contribution < -0.4 is 15.2 Å². The number of anilines is 2. The molecule has 1 spiro atoms. The van der Waals surface area contributed by atoms with Crippen LogP contribution in [-0.2, 0) is 14.3 Å². The van der Waals surface area contributed by atoms with Gasteiger partial charge in [-0.15, -0.1) is 0 Å². The molecule has 1 saturated heterocycles. The highest BCUT2D eigenvalue weighted by atomic mass is 35.5. The molecular formula is C36H45Cl3N4O4. The van der Waals surface area contributed by atoms with E-state index in [1.807, 2.05) is 13.0 Å². The van der Waals surface area contributed by atoms with Gasteiger partial charge in [0.15, 0.2) is 6.10 Å². The third-order valence-electron chi connectivity index (χ3n) is 11.0. The van der Waals surface area contributed by atoms with Crippen LogP contribution >= 0.6 is 34.8 Å². The fourth-order valence-corrected chi connectivity index (χ4v) is 8.31. The highest BCUT2D eigenvalue weighted by Crippen LogP contribution is 2.62. The summed E-state index contributed by atoms with van der Waals surface area (Å²) >= 11 is 18.6. The summed E-state index contributed by atoms with van der Waals surface area (Å²) in [7, 11) is 0. The summed E-state index contributed by atoms with van der Waals surface area (Å²) in [6.07, 6.45) is 4.43. The highest BCUT2D eigenvalue weighted by molar-refractivity contribution is 6.42. The van der Waals surface area contributed by atoms with E-state index in [4.69, 9.17) is 39.5 Å². The minimum atomic E-state index is -0.516. The summed E-state index contributed by atoms with van der Waals surface area (Å²) in [5.74, 6) is 0.0553. The highest BCUT2D eigenvalue weighted by Gasteiger charge is 2.69. The van der Waals surface area contributed by atoms with Gasteiger partial charge in [-0.2, -0.15) is 10.1 Å². The van der Waals surface area contributed by atoms with E-state index in [2.05, 4.69) is 52.0 Å². The molecule has 254 valence electrons. The zero-order valence-corrected chi connectivity index (χ0v) is 30.5. The Morgan fingerprint density at radius 2 is 1.70 bits per heavy atom. The maximum atomic E-state index is 14.2. The van der Waals surface area contributed by atoms with Gasteiger partial charge < -0.3 is 15.0 Å². The van der Waals surface area contributed by atoms with Crippen LogP contribution in [0, 0.1) is 22.7 Å². The quantitative estimate of drug-likeness (QED) is 0.264. The molecule has 0 radical (unpaired) electrons. The summed E-state index contributed by atoms with van der Waals surface area (Å²) in [5.41, 5.74) is 0.918. The van der Waals surface area contributed by atoms with Crippen LogP contribution in [0.3, 0.4) is 0 Å². The zero-order valence-electron chi connectivity index (χ0n) is 28.3. The van der Waals surface area contributed by atoms with Crippen molar-refractivity contribution in [2.75, 3.05) is 16.5 Å². The number of amides is 3. The molecule has 4 unspecified atom stereocenters. The van der Waals surface area contributed by atoms with Crippen LogP contribution in [0.25, 0.3) is 0 Å². The lowest BCUT2D eigenvalue weighted by Crippen LogP contribution is -2.48. The van der Waals surface area contributed by atoms with Crippen LogP contribution in [0.15, 0.2) is 41.5 Å². The van der Waals surface area contributed by atoms with Gasteiger partial charge in [0.2, 0.25) is 0 Å². The average Bonchev–Trinajstić information content (AvgIpc) is 3.62. The molecule has 1 aliphatic carbocycles. The maximum Gasteiger partial charge on any atom is 0.259 e. The lowest BCUT2D eigenvalue weighted by molar-refractivity contribution is -0.120. The molecule has 1 N–H and O–H groups in total. The van der Waals surface area contributed by atoms with Crippen molar-refractivity contribution >= 4 is 69.7 Å². The number of carbonyl (C=O) groups is 3. The van der Waals surface area contributed by atoms with E-state index in [1.165, 1.54) is 12.1 Å². The molecule has 2 aromatic rings. The van der Waals surface area contributed by atoms with E-state index in [-0.39, 0.29) is 50.6 Å². The predicted octanol–water partition coefficient (Wildman–Crippen LogP) is 8.91. The normalized spacial score (nSPS) is 24.4.